The highest BCUT2D eigenvalue weighted by atomic mass is 16.7. The van der Waals surface area contributed by atoms with Gasteiger partial charge in [-0.15, -0.1) is 0 Å². The number of carbonyl (C=O) groups excluding carboxylic acids is 4. The Bertz CT molecular complexity index is 2040. The van der Waals surface area contributed by atoms with Crippen LogP contribution in [0.25, 0.3) is 0 Å². The monoisotopic (exact) mass is 843 g/mol. The van der Waals surface area contributed by atoms with Gasteiger partial charge in [0.2, 0.25) is 11.6 Å². The van der Waals surface area contributed by atoms with Crippen molar-refractivity contribution >= 4 is 23.3 Å². The molecule has 18 heteroatoms. The molecule has 0 unspecified atom stereocenters. The Hall–Kier alpha value is -4.24. The smallest absolute Gasteiger partial charge is 0.316 e. The zero-order valence-corrected chi connectivity index (χ0v) is 34.4. The van der Waals surface area contributed by atoms with Crippen LogP contribution in [0.3, 0.4) is 0 Å². The van der Waals surface area contributed by atoms with Gasteiger partial charge in [-0.3, -0.25) is 19.2 Å². The van der Waals surface area contributed by atoms with Crippen molar-refractivity contribution < 1.29 is 83.0 Å². The molecule has 0 amide bonds. The largest absolute Gasteiger partial charge is 0.507 e. The maximum absolute atomic E-state index is 14.0. The molecule has 328 valence electrons. The number of esters is 1. The fourth-order valence-electron chi connectivity index (χ4n) is 9.43. The lowest BCUT2D eigenvalue weighted by Gasteiger charge is -2.48. The van der Waals surface area contributed by atoms with Crippen molar-refractivity contribution in [3.63, 3.8) is 0 Å². The first-order chi connectivity index (χ1) is 28.3. The van der Waals surface area contributed by atoms with Gasteiger partial charge >= 0.3 is 5.97 Å². The van der Waals surface area contributed by atoms with Gasteiger partial charge in [-0.1, -0.05) is 6.92 Å². The Morgan fingerprint density at radius 1 is 0.800 bits per heavy atom. The topological polar surface area (TPSA) is 258 Å². The van der Waals surface area contributed by atoms with Crippen LogP contribution in [0.1, 0.15) is 121 Å². The van der Waals surface area contributed by atoms with Gasteiger partial charge < -0.3 is 68.7 Å². The summed E-state index contributed by atoms with van der Waals surface area (Å²) in [6.45, 7) is 6.75. The van der Waals surface area contributed by atoms with Crippen LogP contribution < -0.4 is 0 Å². The predicted molar refractivity (Wildman–Crippen MR) is 205 cm³/mol. The number of phenolic OH excluding ortho intramolecular Hbond substituents is 4. The van der Waals surface area contributed by atoms with Gasteiger partial charge in [-0.2, -0.15) is 0 Å². The van der Waals surface area contributed by atoms with E-state index in [1.54, 1.807) is 27.7 Å². The van der Waals surface area contributed by atoms with E-state index in [2.05, 4.69) is 0 Å². The average Bonchev–Trinajstić information content (AvgIpc) is 3.19. The molecule has 2 aliphatic carbocycles. The van der Waals surface area contributed by atoms with Crippen LogP contribution in [0.4, 0.5) is 0 Å². The van der Waals surface area contributed by atoms with Gasteiger partial charge in [0.25, 0.3) is 0 Å². The maximum atomic E-state index is 14.0. The molecular formula is C42H53NO17. The number of fused-ring (bicyclic) bond motifs is 3. The van der Waals surface area contributed by atoms with Gasteiger partial charge in [-0.25, -0.2) is 0 Å². The number of methoxy groups -OCH3 is 1. The van der Waals surface area contributed by atoms with Crippen LogP contribution in [0, 0.1) is 0 Å². The Morgan fingerprint density at radius 3 is 1.88 bits per heavy atom. The predicted octanol–water partition coefficient (Wildman–Crippen LogP) is 2.57. The fourth-order valence-corrected chi connectivity index (χ4v) is 9.43. The number of nitrogens with zero attached hydrogens (tertiary/aromatic N) is 1. The van der Waals surface area contributed by atoms with Crippen LogP contribution in [0.15, 0.2) is 12.1 Å². The number of phenols is 4. The normalized spacial score (nSPS) is 35.5. The molecule has 5 aliphatic rings. The summed E-state index contributed by atoms with van der Waals surface area (Å²) in [5.74, 6) is -7.95. The molecule has 0 spiro atoms. The van der Waals surface area contributed by atoms with Crippen molar-refractivity contribution in [1.82, 2.24) is 4.90 Å². The molecule has 0 bridgehead atoms. The molecule has 2 aromatic rings. The minimum absolute atomic E-state index is 0.0111. The second-order valence-corrected chi connectivity index (χ2v) is 16.6. The van der Waals surface area contributed by atoms with Crippen molar-refractivity contribution in [3.05, 3.63) is 45.5 Å². The minimum Gasteiger partial charge on any atom is -0.507 e. The van der Waals surface area contributed by atoms with Crippen LogP contribution in [0.2, 0.25) is 0 Å². The molecule has 6 N–H and O–H groups in total. The Kier molecular flexibility index (Phi) is 12.1. The molecule has 0 radical (unpaired) electrons. The van der Waals surface area contributed by atoms with Crippen LogP contribution >= 0.6 is 0 Å². The Morgan fingerprint density at radius 2 is 1.35 bits per heavy atom. The number of benzene rings is 2. The van der Waals surface area contributed by atoms with E-state index in [9.17, 15) is 49.8 Å². The standard InChI is InChI=1S/C42H53NO17/c1-8-42(53)15-24(30-31(34(42)41(52)54-7)38(51)33-32(37(30)50)35(48)28-21(45)9-10-22(46)29(28)36(33)49)58-26-13-19(43(5)6)39(17(3)56-26)60-27-14-23(47)40(18(4)57-27)59-25-12-11-20(44)16(2)55-25/h9-10,16-19,23-27,34,39-40,45-47,50-51,53H,8,11-15H2,1-7H3/t16-,17-,18-,19-,23-,24-,25-,26-,27-,34-,39+,40+,42+/m0/s1. The average molecular weight is 844 g/mol. The van der Waals surface area contributed by atoms with E-state index in [0.717, 1.165) is 19.2 Å². The van der Waals surface area contributed by atoms with E-state index in [4.69, 9.17) is 33.2 Å². The van der Waals surface area contributed by atoms with Gasteiger partial charge in [0.05, 0.1) is 59.4 Å². The van der Waals surface area contributed by atoms with E-state index >= 15 is 0 Å². The molecule has 0 saturated carbocycles. The van der Waals surface area contributed by atoms with E-state index in [1.165, 1.54) is 0 Å². The number of rotatable bonds is 9. The Labute approximate surface area is 345 Å². The van der Waals surface area contributed by atoms with Crippen LogP contribution in [0.5, 0.6) is 23.0 Å². The highest BCUT2D eigenvalue weighted by Gasteiger charge is 2.55. The summed E-state index contributed by atoms with van der Waals surface area (Å²) in [5.41, 5.74) is -5.27. The summed E-state index contributed by atoms with van der Waals surface area (Å²) >= 11 is 0. The van der Waals surface area contributed by atoms with Gasteiger partial charge in [0.1, 0.15) is 47.2 Å². The molecule has 13 atom stereocenters. The molecule has 3 aliphatic heterocycles. The van der Waals surface area contributed by atoms with Gasteiger partial charge in [0.15, 0.2) is 24.7 Å². The van der Waals surface area contributed by atoms with E-state index in [-0.39, 0.29) is 37.0 Å². The molecule has 7 rings (SSSR count). The SMILES string of the molecule is CC[C@@]1(O)C[C@H](O[C@H]2C[C@H](N(C)C)[C@H](O[C@H]3C[C@H](O)[C@H](O[C@H]4CCC(=O)[C@H](C)O4)[C@H](C)O3)[C@H](C)O2)c2c(O)c3c(c(O)c2[C@H]1C(=O)OC)C(=O)c1c(O)ccc(O)c1C3=O. The molecule has 60 heavy (non-hydrogen) atoms. The number of carbonyl (C=O) groups is 4. The molecule has 0 aromatic heterocycles. The number of Topliss-reactive ketones (excluding diaryl/α,β-unsaturated/α-hetero) is 1. The van der Waals surface area contributed by atoms with Crippen molar-refractivity contribution in [1.29, 1.82) is 0 Å². The number of aliphatic hydroxyl groups excluding tert-OH is 1. The highest BCUT2D eigenvalue weighted by Crippen LogP contribution is 2.58. The van der Waals surface area contributed by atoms with Crippen molar-refractivity contribution in [3.8, 4) is 23.0 Å². The van der Waals surface area contributed by atoms with Crippen molar-refractivity contribution in [2.45, 2.75) is 145 Å². The van der Waals surface area contributed by atoms with E-state index in [0.29, 0.717) is 12.8 Å². The molecule has 18 nitrogen and oxygen atoms in total. The first-order valence-electron chi connectivity index (χ1n) is 20.2. The summed E-state index contributed by atoms with van der Waals surface area (Å²) in [5, 5.41) is 68.4. The van der Waals surface area contributed by atoms with E-state index < -0.39 is 148 Å². The van der Waals surface area contributed by atoms with E-state index in [1.807, 2.05) is 19.0 Å². The number of ketones is 3. The molecule has 3 heterocycles. The molecule has 2 aromatic carbocycles. The zero-order chi connectivity index (χ0) is 43.7. The molecular weight excluding hydrogens is 790 g/mol. The lowest BCUT2D eigenvalue weighted by Crippen LogP contribution is -2.58. The second kappa shape index (κ2) is 16.6. The number of hydrogen-bond donors (Lipinski definition) is 6. The summed E-state index contributed by atoms with van der Waals surface area (Å²) < 4.78 is 42.4. The fraction of sp³-hybridized carbons (Fsp3) is 0.619. The summed E-state index contributed by atoms with van der Waals surface area (Å²) in [7, 11) is 4.72. The summed E-state index contributed by atoms with van der Waals surface area (Å²) in [6, 6.07) is 1.59. The number of aliphatic hydroxyl groups is 2. The first kappa shape index (κ1) is 43.8. The maximum Gasteiger partial charge on any atom is 0.316 e. The van der Waals surface area contributed by atoms with Crippen molar-refractivity contribution in [2.24, 2.45) is 0 Å². The quantitative estimate of drug-likeness (QED) is 0.134. The number of ether oxygens (including phenoxy) is 7. The third-order valence-electron chi connectivity index (χ3n) is 12.6. The molecule has 3 saturated heterocycles. The Balaban J connectivity index is 1.17. The molecule has 3 fully saturated rings. The highest BCUT2D eigenvalue weighted by molar-refractivity contribution is 6.32. The van der Waals surface area contributed by atoms with Crippen molar-refractivity contribution in [2.75, 3.05) is 21.2 Å². The number of likely N-dealkylation sites (N-methyl/N-ethyl adjacent to an activating group) is 1. The van der Waals surface area contributed by atoms with Gasteiger partial charge in [-0.05, 0) is 53.4 Å². The van der Waals surface area contributed by atoms with Crippen LogP contribution in [-0.2, 0) is 42.7 Å². The summed E-state index contributed by atoms with van der Waals surface area (Å²) in [4.78, 5) is 55.2. The van der Waals surface area contributed by atoms with Gasteiger partial charge in [0, 0.05) is 49.3 Å². The second-order valence-electron chi connectivity index (χ2n) is 16.6. The lowest BCUT2D eigenvalue weighted by molar-refractivity contribution is -0.324. The number of hydrogen-bond acceptors (Lipinski definition) is 18. The third kappa shape index (κ3) is 7.45. The third-order valence-corrected chi connectivity index (χ3v) is 12.6. The zero-order valence-electron chi connectivity index (χ0n) is 34.4. The number of aromatic hydroxyl groups is 4. The minimum atomic E-state index is -1.98. The first-order valence-corrected chi connectivity index (χ1v) is 20.2. The van der Waals surface area contributed by atoms with Crippen LogP contribution in [-0.4, -0.2) is 147 Å². The lowest BCUT2D eigenvalue weighted by atomic mass is 9.66. The summed E-state index contributed by atoms with van der Waals surface area (Å²) in [6.07, 6.45) is -7.79.